The molecule has 0 atom stereocenters. The van der Waals surface area contributed by atoms with Crippen molar-refractivity contribution in [3.63, 3.8) is 0 Å². The molecule has 5 heteroatoms. The van der Waals surface area contributed by atoms with Crippen molar-refractivity contribution in [1.29, 1.82) is 0 Å². The predicted molar refractivity (Wildman–Crippen MR) is 75.9 cm³/mol. The fourth-order valence-corrected chi connectivity index (χ4v) is 2.45. The number of hydrogen-bond donors (Lipinski definition) is 1. The zero-order chi connectivity index (χ0) is 14.1. The van der Waals surface area contributed by atoms with Crippen molar-refractivity contribution in [2.75, 3.05) is 12.8 Å². The molecule has 2 aromatic rings. The average Bonchev–Trinajstić information content (AvgIpc) is 2.84. The molecule has 0 radical (unpaired) electrons. The summed E-state index contributed by atoms with van der Waals surface area (Å²) in [4.78, 5) is 11.8. The van der Waals surface area contributed by atoms with E-state index in [0.717, 1.165) is 0 Å². The lowest BCUT2D eigenvalue weighted by molar-refractivity contribution is 0.0600. The highest BCUT2D eigenvalue weighted by Crippen LogP contribution is 2.36. The highest BCUT2D eigenvalue weighted by molar-refractivity contribution is 5.94. The van der Waals surface area contributed by atoms with Crippen molar-refractivity contribution in [2.24, 2.45) is 0 Å². The normalized spacial score (nSPS) is 14.8. The molecule has 1 fully saturated rings. The molecule has 2 N–H and O–H groups in total. The van der Waals surface area contributed by atoms with E-state index in [1.165, 1.54) is 31.9 Å². The number of anilines is 1. The van der Waals surface area contributed by atoms with Crippen LogP contribution in [-0.2, 0) is 4.74 Å². The summed E-state index contributed by atoms with van der Waals surface area (Å²) in [6.07, 6.45) is 7.59. The topological polar surface area (TPSA) is 70.1 Å². The highest BCUT2D eigenvalue weighted by atomic mass is 16.5. The van der Waals surface area contributed by atoms with Gasteiger partial charge in [-0.15, -0.1) is 0 Å². The molecule has 104 valence electrons. The SMILES string of the molecule is COC(=O)c1cc(N)ccc1-n1cc(C2CCC2)cn1. The van der Waals surface area contributed by atoms with Crippen LogP contribution in [0.1, 0.15) is 41.1 Å². The minimum atomic E-state index is -0.409. The summed E-state index contributed by atoms with van der Waals surface area (Å²) < 4.78 is 6.53. The zero-order valence-corrected chi connectivity index (χ0v) is 11.4. The minimum Gasteiger partial charge on any atom is -0.465 e. The van der Waals surface area contributed by atoms with Crippen LogP contribution in [0.25, 0.3) is 5.69 Å². The summed E-state index contributed by atoms with van der Waals surface area (Å²) in [6, 6.07) is 5.16. The van der Waals surface area contributed by atoms with E-state index in [9.17, 15) is 4.79 Å². The molecule has 1 aliphatic rings. The molecule has 0 amide bonds. The lowest BCUT2D eigenvalue weighted by Crippen LogP contribution is -2.09. The molecule has 1 heterocycles. The largest absolute Gasteiger partial charge is 0.465 e. The number of benzene rings is 1. The number of methoxy groups -OCH3 is 1. The molecule has 1 saturated carbocycles. The summed E-state index contributed by atoms with van der Waals surface area (Å²) in [7, 11) is 1.36. The number of ether oxygens (including phenoxy) is 1. The van der Waals surface area contributed by atoms with Crippen LogP contribution in [0.4, 0.5) is 5.69 Å². The smallest absolute Gasteiger partial charge is 0.340 e. The molecule has 5 nitrogen and oxygen atoms in total. The third-order valence-corrected chi connectivity index (χ3v) is 3.85. The first-order valence-electron chi connectivity index (χ1n) is 6.72. The van der Waals surface area contributed by atoms with Crippen LogP contribution >= 0.6 is 0 Å². The van der Waals surface area contributed by atoms with E-state index < -0.39 is 5.97 Å². The van der Waals surface area contributed by atoms with Gasteiger partial charge in [0.25, 0.3) is 0 Å². The molecule has 0 saturated heterocycles. The summed E-state index contributed by atoms with van der Waals surface area (Å²) in [5.41, 5.74) is 8.62. The molecule has 3 rings (SSSR count). The first-order chi connectivity index (χ1) is 9.69. The Bertz CT molecular complexity index is 644. The first kappa shape index (κ1) is 12.7. The van der Waals surface area contributed by atoms with Crippen LogP contribution in [0.3, 0.4) is 0 Å². The quantitative estimate of drug-likeness (QED) is 0.688. The van der Waals surface area contributed by atoms with Gasteiger partial charge in [-0.3, -0.25) is 0 Å². The van der Waals surface area contributed by atoms with Crippen LogP contribution in [0.2, 0.25) is 0 Å². The molecule has 20 heavy (non-hydrogen) atoms. The Morgan fingerprint density at radius 2 is 2.25 bits per heavy atom. The summed E-state index contributed by atoms with van der Waals surface area (Å²) in [6.45, 7) is 0. The van der Waals surface area contributed by atoms with Gasteiger partial charge in [-0.1, -0.05) is 6.42 Å². The second-order valence-corrected chi connectivity index (χ2v) is 5.11. The van der Waals surface area contributed by atoms with E-state index in [4.69, 9.17) is 10.5 Å². The van der Waals surface area contributed by atoms with Gasteiger partial charge in [0.05, 0.1) is 24.6 Å². The lowest BCUT2D eigenvalue weighted by atomic mass is 9.81. The lowest BCUT2D eigenvalue weighted by Gasteiger charge is -2.23. The maximum absolute atomic E-state index is 11.8. The van der Waals surface area contributed by atoms with Crippen LogP contribution in [0.15, 0.2) is 30.6 Å². The van der Waals surface area contributed by atoms with Crippen LogP contribution in [0.5, 0.6) is 0 Å². The molecule has 1 aromatic carbocycles. The van der Waals surface area contributed by atoms with Crippen molar-refractivity contribution >= 4 is 11.7 Å². The minimum absolute atomic E-state index is 0.409. The molecule has 0 spiro atoms. The number of nitrogen functional groups attached to an aromatic ring is 1. The molecule has 0 bridgehead atoms. The van der Waals surface area contributed by atoms with Gasteiger partial charge in [-0.25, -0.2) is 9.48 Å². The predicted octanol–water partition coefficient (Wildman–Crippen LogP) is 2.51. The third kappa shape index (κ3) is 2.15. The number of nitrogens with two attached hydrogens (primary N) is 1. The molecule has 1 aliphatic carbocycles. The Labute approximate surface area is 117 Å². The zero-order valence-electron chi connectivity index (χ0n) is 11.4. The Morgan fingerprint density at radius 1 is 1.45 bits per heavy atom. The van der Waals surface area contributed by atoms with Crippen LogP contribution in [0, 0.1) is 0 Å². The van der Waals surface area contributed by atoms with Gasteiger partial charge in [-0.05, 0) is 42.5 Å². The van der Waals surface area contributed by atoms with Gasteiger partial charge in [-0.2, -0.15) is 5.10 Å². The number of aromatic nitrogens is 2. The van der Waals surface area contributed by atoms with E-state index in [1.807, 2.05) is 12.4 Å². The van der Waals surface area contributed by atoms with E-state index in [0.29, 0.717) is 22.9 Å². The van der Waals surface area contributed by atoms with Gasteiger partial charge < -0.3 is 10.5 Å². The molecule has 0 aliphatic heterocycles. The Hall–Kier alpha value is -2.30. The fourth-order valence-electron chi connectivity index (χ4n) is 2.45. The van der Waals surface area contributed by atoms with Crippen LogP contribution < -0.4 is 5.73 Å². The van der Waals surface area contributed by atoms with E-state index in [1.54, 1.807) is 22.9 Å². The third-order valence-electron chi connectivity index (χ3n) is 3.85. The Kier molecular flexibility index (Phi) is 3.18. The van der Waals surface area contributed by atoms with Crippen molar-refractivity contribution in [3.8, 4) is 5.69 Å². The van der Waals surface area contributed by atoms with E-state index in [-0.39, 0.29) is 0 Å². The summed E-state index contributed by atoms with van der Waals surface area (Å²) in [5, 5.41) is 4.36. The Morgan fingerprint density at radius 3 is 2.90 bits per heavy atom. The average molecular weight is 271 g/mol. The second kappa shape index (κ2) is 5.00. The van der Waals surface area contributed by atoms with Crippen molar-refractivity contribution in [2.45, 2.75) is 25.2 Å². The molecular formula is C15H17N3O2. The maximum atomic E-state index is 11.8. The second-order valence-electron chi connectivity index (χ2n) is 5.11. The molecule has 1 aromatic heterocycles. The number of carbonyl (C=O) groups excluding carboxylic acids is 1. The summed E-state index contributed by atoms with van der Waals surface area (Å²) >= 11 is 0. The van der Waals surface area contributed by atoms with Gasteiger partial charge in [0.2, 0.25) is 0 Å². The van der Waals surface area contributed by atoms with E-state index >= 15 is 0 Å². The summed E-state index contributed by atoms with van der Waals surface area (Å²) in [5.74, 6) is 0.201. The number of rotatable bonds is 3. The van der Waals surface area contributed by atoms with Crippen molar-refractivity contribution < 1.29 is 9.53 Å². The highest BCUT2D eigenvalue weighted by Gasteiger charge is 2.22. The molecular weight excluding hydrogens is 254 g/mol. The van der Waals surface area contributed by atoms with E-state index in [2.05, 4.69) is 5.10 Å². The number of esters is 1. The standard InChI is InChI=1S/C15H17N3O2/c1-20-15(19)13-7-12(16)5-6-14(13)18-9-11(8-17-18)10-3-2-4-10/h5-10H,2-4,16H2,1H3. The number of hydrogen-bond acceptors (Lipinski definition) is 4. The van der Waals surface area contributed by atoms with Gasteiger partial charge >= 0.3 is 5.97 Å². The monoisotopic (exact) mass is 271 g/mol. The number of carbonyl (C=O) groups is 1. The maximum Gasteiger partial charge on any atom is 0.340 e. The van der Waals surface area contributed by atoms with Crippen molar-refractivity contribution in [1.82, 2.24) is 9.78 Å². The number of nitrogens with zero attached hydrogens (tertiary/aromatic N) is 2. The van der Waals surface area contributed by atoms with Gasteiger partial charge in [0, 0.05) is 11.9 Å². The van der Waals surface area contributed by atoms with Gasteiger partial charge in [0.1, 0.15) is 0 Å². The fraction of sp³-hybridized carbons (Fsp3) is 0.333. The van der Waals surface area contributed by atoms with Crippen molar-refractivity contribution in [3.05, 3.63) is 41.7 Å². The van der Waals surface area contributed by atoms with Crippen LogP contribution in [-0.4, -0.2) is 22.9 Å². The first-order valence-corrected chi connectivity index (χ1v) is 6.72. The van der Waals surface area contributed by atoms with Gasteiger partial charge in [0.15, 0.2) is 0 Å². The molecule has 0 unspecified atom stereocenters. The Balaban J connectivity index is 2.00.